The van der Waals surface area contributed by atoms with Gasteiger partial charge >= 0.3 is 0 Å². The highest BCUT2D eigenvalue weighted by Gasteiger charge is 2.11. The first kappa shape index (κ1) is 11.7. The number of hydrogen-bond acceptors (Lipinski definition) is 3. The molecule has 82 valence electrons. The molecule has 0 fully saturated rings. The van der Waals surface area contributed by atoms with E-state index < -0.39 is 0 Å². The highest BCUT2D eigenvalue weighted by atomic mass is 35.5. The third kappa shape index (κ3) is 2.48. The number of thiophene rings is 1. The van der Waals surface area contributed by atoms with E-state index in [1.807, 2.05) is 30.5 Å². The van der Waals surface area contributed by atoms with E-state index >= 15 is 0 Å². The van der Waals surface area contributed by atoms with Gasteiger partial charge in [0.05, 0.1) is 9.21 Å². The third-order valence-corrected chi connectivity index (χ3v) is 4.12. The zero-order valence-corrected chi connectivity index (χ0v) is 11.0. The Balaban J connectivity index is 2.27. The van der Waals surface area contributed by atoms with Crippen molar-refractivity contribution in [1.29, 1.82) is 0 Å². The van der Waals surface area contributed by atoms with E-state index in [-0.39, 0.29) is 5.78 Å². The maximum atomic E-state index is 12.0. The Kier molecular flexibility index (Phi) is 3.69. The van der Waals surface area contributed by atoms with Gasteiger partial charge < -0.3 is 0 Å². The second-order valence-electron chi connectivity index (χ2n) is 3.16. The maximum Gasteiger partial charge on any atom is 0.202 e. The Labute approximate surface area is 107 Å². The number of ketones is 1. The first-order chi connectivity index (χ1) is 7.70. The molecule has 0 aliphatic carbocycles. The van der Waals surface area contributed by atoms with Crippen molar-refractivity contribution in [2.24, 2.45) is 0 Å². The molecule has 0 spiro atoms. The van der Waals surface area contributed by atoms with Gasteiger partial charge in [0.1, 0.15) is 0 Å². The molecule has 1 heterocycles. The minimum Gasteiger partial charge on any atom is -0.288 e. The molecule has 0 bridgehead atoms. The molecule has 1 aromatic heterocycles. The quantitative estimate of drug-likeness (QED) is 0.608. The average molecular weight is 269 g/mol. The van der Waals surface area contributed by atoms with Crippen molar-refractivity contribution in [3.8, 4) is 0 Å². The van der Waals surface area contributed by atoms with Crippen LogP contribution in [0, 0.1) is 0 Å². The van der Waals surface area contributed by atoms with Crippen molar-refractivity contribution in [1.82, 2.24) is 0 Å². The summed E-state index contributed by atoms with van der Waals surface area (Å²) in [5.41, 5.74) is 0.705. The standard InChI is InChI=1S/C12H9ClOS2/c1-15-9-4-2-8(3-5-9)12(14)10-6-7-11(13)16-10/h2-7H,1H3. The summed E-state index contributed by atoms with van der Waals surface area (Å²) in [7, 11) is 0. The van der Waals surface area contributed by atoms with E-state index in [1.54, 1.807) is 23.9 Å². The lowest BCUT2D eigenvalue weighted by Crippen LogP contribution is -1.97. The second kappa shape index (κ2) is 5.04. The molecule has 0 N–H and O–H groups in total. The van der Waals surface area contributed by atoms with Crippen LogP contribution in [0.4, 0.5) is 0 Å². The van der Waals surface area contributed by atoms with Gasteiger partial charge in [-0.15, -0.1) is 23.1 Å². The fraction of sp³-hybridized carbons (Fsp3) is 0.0833. The number of carbonyl (C=O) groups excluding carboxylic acids is 1. The number of benzene rings is 1. The van der Waals surface area contributed by atoms with Crippen LogP contribution >= 0.6 is 34.7 Å². The molecule has 16 heavy (non-hydrogen) atoms. The lowest BCUT2D eigenvalue weighted by atomic mass is 10.1. The summed E-state index contributed by atoms with van der Waals surface area (Å²) in [5.74, 6) is 0.0320. The van der Waals surface area contributed by atoms with Gasteiger partial charge in [-0.25, -0.2) is 0 Å². The summed E-state index contributed by atoms with van der Waals surface area (Å²) in [6.07, 6.45) is 2.01. The molecule has 4 heteroatoms. The SMILES string of the molecule is CSc1ccc(C(=O)c2ccc(Cl)s2)cc1. The van der Waals surface area contributed by atoms with E-state index in [1.165, 1.54) is 11.3 Å². The van der Waals surface area contributed by atoms with Gasteiger partial charge in [0, 0.05) is 10.5 Å². The van der Waals surface area contributed by atoms with E-state index in [4.69, 9.17) is 11.6 Å². The molecule has 1 nitrogen and oxygen atoms in total. The summed E-state index contributed by atoms with van der Waals surface area (Å²) in [6.45, 7) is 0. The minimum absolute atomic E-state index is 0.0320. The molecule has 0 aliphatic rings. The number of carbonyl (C=O) groups is 1. The monoisotopic (exact) mass is 268 g/mol. The van der Waals surface area contributed by atoms with Crippen molar-refractivity contribution in [2.75, 3.05) is 6.26 Å². The molecule has 0 aliphatic heterocycles. The van der Waals surface area contributed by atoms with Gasteiger partial charge in [-0.3, -0.25) is 4.79 Å². The molecule has 1 aromatic carbocycles. The van der Waals surface area contributed by atoms with Gasteiger partial charge in [-0.05, 0) is 42.7 Å². The molecule has 0 saturated carbocycles. The Bertz CT molecular complexity index is 502. The maximum absolute atomic E-state index is 12.0. The van der Waals surface area contributed by atoms with Gasteiger partial charge in [0.2, 0.25) is 5.78 Å². The van der Waals surface area contributed by atoms with Crippen molar-refractivity contribution in [3.63, 3.8) is 0 Å². The van der Waals surface area contributed by atoms with E-state index in [2.05, 4.69) is 0 Å². The lowest BCUT2D eigenvalue weighted by molar-refractivity contribution is 0.104. The average Bonchev–Trinajstić information content (AvgIpc) is 2.75. The Morgan fingerprint density at radius 1 is 1.19 bits per heavy atom. The van der Waals surface area contributed by atoms with Crippen LogP contribution < -0.4 is 0 Å². The van der Waals surface area contributed by atoms with Crippen LogP contribution in [0.1, 0.15) is 15.2 Å². The van der Waals surface area contributed by atoms with Crippen LogP contribution in [0.5, 0.6) is 0 Å². The number of thioether (sulfide) groups is 1. The molecule has 2 aromatic rings. The first-order valence-electron chi connectivity index (χ1n) is 4.65. The summed E-state index contributed by atoms with van der Waals surface area (Å²) in [6, 6.07) is 11.1. The number of halogens is 1. The summed E-state index contributed by atoms with van der Waals surface area (Å²) in [4.78, 5) is 13.8. The predicted molar refractivity (Wildman–Crippen MR) is 71.0 cm³/mol. The fourth-order valence-electron chi connectivity index (χ4n) is 1.32. The first-order valence-corrected chi connectivity index (χ1v) is 7.06. The zero-order chi connectivity index (χ0) is 11.5. The van der Waals surface area contributed by atoms with Crippen molar-refractivity contribution in [2.45, 2.75) is 4.90 Å². The highest BCUT2D eigenvalue weighted by Crippen LogP contribution is 2.24. The molecule has 0 atom stereocenters. The summed E-state index contributed by atoms with van der Waals surface area (Å²) < 4.78 is 0.643. The fourth-order valence-corrected chi connectivity index (χ4v) is 2.73. The zero-order valence-electron chi connectivity index (χ0n) is 8.57. The number of rotatable bonds is 3. The molecule has 2 rings (SSSR count). The molecular formula is C12H9ClOS2. The molecular weight excluding hydrogens is 260 g/mol. The van der Waals surface area contributed by atoms with E-state index in [9.17, 15) is 4.79 Å². The van der Waals surface area contributed by atoms with Crippen molar-refractivity contribution >= 4 is 40.5 Å². The summed E-state index contributed by atoms with van der Waals surface area (Å²) >= 11 is 8.77. The molecule has 0 saturated heterocycles. The Morgan fingerprint density at radius 2 is 1.88 bits per heavy atom. The van der Waals surface area contributed by atoms with Gasteiger partial charge in [-0.1, -0.05) is 11.6 Å². The summed E-state index contributed by atoms with van der Waals surface area (Å²) in [5, 5.41) is 0. The van der Waals surface area contributed by atoms with Crippen LogP contribution in [-0.2, 0) is 0 Å². The van der Waals surface area contributed by atoms with Crippen LogP contribution in [0.2, 0.25) is 4.34 Å². The van der Waals surface area contributed by atoms with Crippen LogP contribution in [-0.4, -0.2) is 12.0 Å². The van der Waals surface area contributed by atoms with Crippen LogP contribution in [0.25, 0.3) is 0 Å². The minimum atomic E-state index is 0.0320. The molecule has 0 unspecified atom stereocenters. The van der Waals surface area contributed by atoms with Crippen LogP contribution in [0.3, 0.4) is 0 Å². The van der Waals surface area contributed by atoms with Gasteiger partial charge in [0.25, 0.3) is 0 Å². The van der Waals surface area contributed by atoms with Crippen LogP contribution in [0.15, 0.2) is 41.3 Å². The number of hydrogen-bond donors (Lipinski definition) is 0. The van der Waals surface area contributed by atoms with Gasteiger partial charge in [0.15, 0.2) is 0 Å². The molecule has 0 radical (unpaired) electrons. The van der Waals surface area contributed by atoms with Gasteiger partial charge in [-0.2, -0.15) is 0 Å². The Morgan fingerprint density at radius 3 is 2.38 bits per heavy atom. The van der Waals surface area contributed by atoms with Crippen molar-refractivity contribution in [3.05, 3.63) is 51.2 Å². The smallest absolute Gasteiger partial charge is 0.202 e. The third-order valence-electron chi connectivity index (χ3n) is 2.15. The van der Waals surface area contributed by atoms with E-state index in [0.717, 1.165) is 4.90 Å². The normalized spacial score (nSPS) is 10.4. The predicted octanol–water partition coefficient (Wildman–Crippen LogP) is 4.35. The van der Waals surface area contributed by atoms with Crippen molar-refractivity contribution < 1.29 is 4.79 Å². The molecule has 0 amide bonds. The highest BCUT2D eigenvalue weighted by molar-refractivity contribution is 7.98. The Hall–Kier alpha value is -0.770. The lowest BCUT2D eigenvalue weighted by Gasteiger charge is -1.99. The largest absolute Gasteiger partial charge is 0.288 e. The second-order valence-corrected chi connectivity index (χ2v) is 5.76. The van der Waals surface area contributed by atoms with E-state index in [0.29, 0.717) is 14.8 Å². The topological polar surface area (TPSA) is 17.1 Å².